The molecule has 1 fully saturated rings. The normalized spacial score (nSPS) is 22.1. The van der Waals surface area contributed by atoms with E-state index in [0.717, 1.165) is 24.0 Å². The Hall–Kier alpha value is -0.580. The monoisotopic (exact) mass is 354 g/mol. The molecule has 1 atom stereocenters. The van der Waals surface area contributed by atoms with Crippen molar-refractivity contribution in [2.75, 3.05) is 18.0 Å². The van der Waals surface area contributed by atoms with Crippen molar-refractivity contribution in [2.45, 2.75) is 58.3 Å². The number of morpholine rings is 1. The van der Waals surface area contributed by atoms with Crippen molar-refractivity contribution < 1.29 is 4.74 Å². The topological polar surface area (TPSA) is 38.5 Å². The molecule has 3 nitrogen and oxygen atoms in total. The van der Waals surface area contributed by atoms with Crippen LogP contribution in [0.4, 0.5) is 5.69 Å². The van der Waals surface area contributed by atoms with Crippen LogP contribution in [0.1, 0.15) is 40.2 Å². The Balaban J connectivity index is 2.36. The van der Waals surface area contributed by atoms with Gasteiger partial charge in [0.1, 0.15) is 0 Å². The van der Waals surface area contributed by atoms with Crippen LogP contribution in [0.3, 0.4) is 0 Å². The van der Waals surface area contributed by atoms with Crippen molar-refractivity contribution in [3.63, 3.8) is 0 Å². The highest BCUT2D eigenvalue weighted by Crippen LogP contribution is 2.34. The summed E-state index contributed by atoms with van der Waals surface area (Å²) >= 11 is 3.57. The number of hydrogen-bond acceptors (Lipinski definition) is 3. The lowest BCUT2D eigenvalue weighted by atomic mass is 9.96. The number of ether oxygens (including phenoxy) is 1. The highest BCUT2D eigenvalue weighted by atomic mass is 79.9. The van der Waals surface area contributed by atoms with Gasteiger partial charge in [-0.05, 0) is 64.8 Å². The molecule has 0 spiro atoms. The van der Waals surface area contributed by atoms with Crippen LogP contribution < -0.4 is 10.6 Å². The Kier molecular flexibility index (Phi) is 4.72. The molecular weight excluding hydrogens is 328 g/mol. The summed E-state index contributed by atoms with van der Waals surface area (Å²) < 4.78 is 7.29. The summed E-state index contributed by atoms with van der Waals surface area (Å²) in [6.45, 7) is 12.5. The number of nitrogens with zero attached hydrogens (tertiary/aromatic N) is 1. The SMILES string of the molecule is CC(N)Cc1cc(Br)ccc1N1CC(C)(C)OC(C)(C)C1. The fourth-order valence-electron chi connectivity index (χ4n) is 3.33. The molecule has 2 rings (SSSR count). The smallest absolute Gasteiger partial charge is 0.0808 e. The van der Waals surface area contributed by atoms with E-state index in [9.17, 15) is 0 Å². The lowest BCUT2D eigenvalue weighted by molar-refractivity contribution is -0.133. The van der Waals surface area contributed by atoms with Gasteiger partial charge in [0.15, 0.2) is 0 Å². The number of benzene rings is 1. The number of nitrogens with two attached hydrogens (primary N) is 1. The summed E-state index contributed by atoms with van der Waals surface area (Å²) in [6, 6.07) is 6.64. The summed E-state index contributed by atoms with van der Waals surface area (Å²) in [6.07, 6.45) is 0.882. The van der Waals surface area contributed by atoms with Gasteiger partial charge >= 0.3 is 0 Å². The minimum absolute atomic E-state index is 0.152. The standard InChI is InChI=1S/C17H27BrN2O/c1-12(19)8-13-9-14(18)6-7-15(13)20-10-16(2,3)21-17(4,5)11-20/h6-7,9,12H,8,10-11,19H2,1-5H3. The van der Waals surface area contributed by atoms with Crippen LogP contribution in [-0.2, 0) is 11.2 Å². The van der Waals surface area contributed by atoms with Crippen LogP contribution in [0.2, 0.25) is 0 Å². The molecule has 1 unspecified atom stereocenters. The van der Waals surface area contributed by atoms with Crippen LogP contribution in [-0.4, -0.2) is 30.3 Å². The van der Waals surface area contributed by atoms with Crippen molar-refractivity contribution >= 4 is 21.6 Å². The summed E-state index contributed by atoms with van der Waals surface area (Å²) in [5, 5.41) is 0. The first-order chi connectivity index (χ1) is 9.58. The molecule has 0 aromatic heterocycles. The quantitative estimate of drug-likeness (QED) is 0.898. The zero-order valence-corrected chi connectivity index (χ0v) is 15.3. The molecule has 0 radical (unpaired) electrons. The molecule has 118 valence electrons. The minimum Gasteiger partial charge on any atom is -0.366 e. The maximum Gasteiger partial charge on any atom is 0.0808 e. The number of halogens is 1. The van der Waals surface area contributed by atoms with Crippen LogP contribution in [0.5, 0.6) is 0 Å². The largest absolute Gasteiger partial charge is 0.366 e. The first-order valence-corrected chi connectivity index (χ1v) is 8.36. The van der Waals surface area contributed by atoms with Gasteiger partial charge < -0.3 is 15.4 Å². The van der Waals surface area contributed by atoms with Crippen molar-refractivity contribution in [1.29, 1.82) is 0 Å². The first-order valence-electron chi connectivity index (χ1n) is 7.57. The van der Waals surface area contributed by atoms with Gasteiger partial charge in [-0.25, -0.2) is 0 Å². The van der Waals surface area contributed by atoms with E-state index < -0.39 is 0 Å². The van der Waals surface area contributed by atoms with Crippen molar-refractivity contribution in [2.24, 2.45) is 5.73 Å². The van der Waals surface area contributed by atoms with E-state index in [-0.39, 0.29) is 17.2 Å². The fourth-order valence-corrected chi connectivity index (χ4v) is 3.74. The van der Waals surface area contributed by atoms with E-state index in [2.05, 4.69) is 73.6 Å². The third kappa shape index (κ3) is 4.44. The molecule has 0 aliphatic carbocycles. The third-order valence-electron chi connectivity index (χ3n) is 3.62. The van der Waals surface area contributed by atoms with E-state index in [1.807, 2.05) is 0 Å². The molecule has 2 N–H and O–H groups in total. The zero-order chi connectivity index (χ0) is 15.8. The minimum atomic E-state index is -0.152. The summed E-state index contributed by atoms with van der Waals surface area (Å²) in [7, 11) is 0. The number of hydrogen-bond donors (Lipinski definition) is 1. The summed E-state index contributed by atoms with van der Waals surface area (Å²) in [5.74, 6) is 0. The van der Waals surface area contributed by atoms with Crippen molar-refractivity contribution in [1.82, 2.24) is 0 Å². The van der Waals surface area contributed by atoms with Gasteiger partial charge in [0.25, 0.3) is 0 Å². The second-order valence-corrected chi connectivity index (χ2v) is 8.35. The van der Waals surface area contributed by atoms with E-state index in [4.69, 9.17) is 10.5 Å². The van der Waals surface area contributed by atoms with Crippen LogP contribution >= 0.6 is 15.9 Å². The van der Waals surface area contributed by atoms with E-state index in [0.29, 0.717) is 0 Å². The van der Waals surface area contributed by atoms with Gasteiger partial charge in [-0.2, -0.15) is 0 Å². The molecule has 1 saturated heterocycles. The van der Waals surface area contributed by atoms with E-state index in [1.54, 1.807) is 0 Å². The van der Waals surface area contributed by atoms with Crippen molar-refractivity contribution in [3.05, 3.63) is 28.2 Å². The van der Waals surface area contributed by atoms with Gasteiger partial charge in [-0.1, -0.05) is 15.9 Å². The number of anilines is 1. The Morgan fingerprint density at radius 2 is 1.81 bits per heavy atom. The summed E-state index contributed by atoms with van der Waals surface area (Å²) in [4.78, 5) is 2.44. The molecule has 0 saturated carbocycles. The Morgan fingerprint density at radius 3 is 2.33 bits per heavy atom. The molecular formula is C17H27BrN2O. The molecule has 0 bridgehead atoms. The second kappa shape index (κ2) is 5.90. The fraction of sp³-hybridized carbons (Fsp3) is 0.647. The highest BCUT2D eigenvalue weighted by Gasteiger charge is 2.38. The predicted molar refractivity (Wildman–Crippen MR) is 93.0 cm³/mol. The average molecular weight is 355 g/mol. The van der Waals surface area contributed by atoms with E-state index in [1.165, 1.54) is 11.3 Å². The van der Waals surface area contributed by atoms with Gasteiger partial charge in [0, 0.05) is 29.3 Å². The van der Waals surface area contributed by atoms with Crippen LogP contribution in [0.15, 0.2) is 22.7 Å². The molecule has 1 aliphatic rings. The molecule has 4 heteroatoms. The Labute approximate surface area is 137 Å². The van der Waals surface area contributed by atoms with Gasteiger partial charge in [-0.3, -0.25) is 0 Å². The molecule has 1 aromatic carbocycles. The molecule has 1 heterocycles. The molecule has 1 aromatic rings. The average Bonchev–Trinajstić information content (AvgIpc) is 2.23. The van der Waals surface area contributed by atoms with Gasteiger partial charge in [-0.15, -0.1) is 0 Å². The third-order valence-corrected chi connectivity index (χ3v) is 4.11. The Bertz CT molecular complexity index is 496. The lowest BCUT2D eigenvalue weighted by Gasteiger charge is -2.48. The highest BCUT2D eigenvalue weighted by molar-refractivity contribution is 9.10. The van der Waals surface area contributed by atoms with Crippen molar-refractivity contribution in [3.8, 4) is 0 Å². The molecule has 21 heavy (non-hydrogen) atoms. The maximum atomic E-state index is 6.18. The molecule has 1 aliphatic heterocycles. The number of rotatable bonds is 3. The second-order valence-electron chi connectivity index (χ2n) is 7.43. The van der Waals surface area contributed by atoms with E-state index >= 15 is 0 Å². The lowest BCUT2D eigenvalue weighted by Crippen LogP contribution is -2.57. The predicted octanol–water partition coefficient (Wildman–Crippen LogP) is 3.73. The van der Waals surface area contributed by atoms with Gasteiger partial charge in [0.2, 0.25) is 0 Å². The zero-order valence-electron chi connectivity index (χ0n) is 13.7. The summed E-state index contributed by atoms with van der Waals surface area (Å²) in [5.41, 5.74) is 8.29. The Morgan fingerprint density at radius 1 is 1.24 bits per heavy atom. The maximum absolute atomic E-state index is 6.18. The van der Waals surface area contributed by atoms with Crippen LogP contribution in [0.25, 0.3) is 0 Å². The van der Waals surface area contributed by atoms with Gasteiger partial charge in [0.05, 0.1) is 11.2 Å². The molecule has 0 amide bonds. The van der Waals surface area contributed by atoms with Crippen LogP contribution in [0, 0.1) is 0 Å². The first kappa shape index (κ1) is 16.8.